The second-order valence-electron chi connectivity index (χ2n) is 3.02. The van der Waals surface area contributed by atoms with Gasteiger partial charge in [0.15, 0.2) is 5.13 Å². The van der Waals surface area contributed by atoms with Crippen molar-refractivity contribution in [2.24, 2.45) is 5.90 Å². The SMILES string of the molecule is Cc1nc(N(C)C)sc1CCON. The summed E-state index contributed by atoms with van der Waals surface area (Å²) in [6.45, 7) is 2.56. The third-order valence-electron chi connectivity index (χ3n) is 1.71. The van der Waals surface area contributed by atoms with Gasteiger partial charge in [-0.25, -0.2) is 10.9 Å². The maximum atomic E-state index is 4.97. The highest BCUT2D eigenvalue weighted by molar-refractivity contribution is 7.15. The Hall–Kier alpha value is -0.650. The van der Waals surface area contributed by atoms with Crippen LogP contribution in [-0.4, -0.2) is 25.7 Å². The van der Waals surface area contributed by atoms with Gasteiger partial charge in [0.05, 0.1) is 12.3 Å². The lowest BCUT2D eigenvalue weighted by molar-refractivity contribution is 0.141. The van der Waals surface area contributed by atoms with Crippen LogP contribution in [0, 0.1) is 6.92 Å². The standard InChI is InChI=1S/C8H15N3OS/c1-6-7(4-5-12-9)13-8(10-6)11(2)3/h4-5,9H2,1-3H3. The summed E-state index contributed by atoms with van der Waals surface area (Å²) in [6, 6.07) is 0. The third-order valence-corrected chi connectivity index (χ3v) is 3.10. The Kier molecular flexibility index (Phi) is 3.65. The van der Waals surface area contributed by atoms with Crippen molar-refractivity contribution in [1.82, 2.24) is 4.98 Å². The van der Waals surface area contributed by atoms with Crippen LogP contribution < -0.4 is 10.8 Å². The van der Waals surface area contributed by atoms with E-state index in [0.717, 1.165) is 17.2 Å². The normalized spacial score (nSPS) is 10.5. The predicted octanol–water partition coefficient (Wildman–Crippen LogP) is 0.950. The molecule has 13 heavy (non-hydrogen) atoms. The van der Waals surface area contributed by atoms with Crippen molar-refractivity contribution < 1.29 is 4.84 Å². The molecule has 0 aromatic carbocycles. The van der Waals surface area contributed by atoms with Gasteiger partial charge in [-0.3, -0.25) is 0 Å². The summed E-state index contributed by atoms with van der Waals surface area (Å²) in [4.78, 5) is 12.2. The van der Waals surface area contributed by atoms with E-state index in [2.05, 4.69) is 9.82 Å². The predicted molar refractivity (Wildman–Crippen MR) is 55.0 cm³/mol. The van der Waals surface area contributed by atoms with Crippen molar-refractivity contribution in [3.05, 3.63) is 10.6 Å². The van der Waals surface area contributed by atoms with Gasteiger partial charge in [-0.1, -0.05) is 0 Å². The summed E-state index contributed by atoms with van der Waals surface area (Å²) in [6.07, 6.45) is 0.841. The lowest BCUT2D eigenvalue weighted by atomic mass is 10.3. The van der Waals surface area contributed by atoms with Crippen LogP contribution >= 0.6 is 11.3 Å². The van der Waals surface area contributed by atoms with Crippen molar-refractivity contribution in [2.75, 3.05) is 25.6 Å². The number of aromatic nitrogens is 1. The molecule has 0 aliphatic carbocycles. The molecule has 2 N–H and O–H groups in total. The van der Waals surface area contributed by atoms with Gasteiger partial charge >= 0.3 is 0 Å². The summed E-state index contributed by atoms with van der Waals surface area (Å²) >= 11 is 1.69. The largest absolute Gasteiger partial charge is 0.354 e. The van der Waals surface area contributed by atoms with Gasteiger partial charge < -0.3 is 9.74 Å². The highest BCUT2D eigenvalue weighted by Crippen LogP contribution is 2.24. The molecular formula is C8H15N3OS. The first-order valence-corrected chi connectivity index (χ1v) is 4.92. The van der Waals surface area contributed by atoms with Crippen LogP contribution in [-0.2, 0) is 11.3 Å². The molecule has 74 valence electrons. The maximum Gasteiger partial charge on any atom is 0.185 e. The number of anilines is 1. The highest BCUT2D eigenvalue weighted by Gasteiger charge is 2.08. The zero-order valence-electron chi connectivity index (χ0n) is 8.20. The molecule has 5 heteroatoms. The van der Waals surface area contributed by atoms with Crippen molar-refractivity contribution in [1.29, 1.82) is 0 Å². The van der Waals surface area contributed by atoms with Crippen molar-refractivity contribution in [3.8, 4) is 0 Å². The lowest BCUT2D eigenvalue weighted by Gasteiger charge is -2.05. The van der Waals surface area contributed by atoms with Gasteiger partial charge in [0, 0.05) is 25.4 Å². The van der Waals surface area contributed by atoms with Crippen molar-refractivity contribution >= 4 is 16.5 Å². The minimum Gasteiger partial charge on any atom is -0.354 e. The molecular weight excluding hydrogens is 186 g/mol. The van der Waals surface area contributed by atoms with E-state index >= 15 is 0 Å². The minimum atomic E-state index is 0.551. The van der Waals surface area contributed by atoms with E-state index in [9.17, 15) is 0 Å². The second kappa shape index (κ2) is 4.55. The number of hydrogen-bond acceptors (Lipinski definition) is 5. The summed E-state index contributed by atoms with van der Waals surface area (Å²) in [5.41, 5.74) is 1.07. The fraction of sp³-hybridized carbons (Fsp3) is 0.625. The van der Waals surface area contributed by atoms with Crippen LogP contribution in [0.25, 0.3) is 0 Å². The summed E-state index contributed by atoms with van der Waals surface area (Å²) in [7, 11) is 3.98. The molecule has 1 aromatic heterocycles. The average molecular weight is 201 g/mol. The molecule has 0 fully saturated rings. The molecule has 0 bridgehead atoms. The maximum absolute atomic E-state index is 4.97. The summed E-state index contributed by atoms with van der Waals surface area (Å²) in [5, 5.41) is 1.03. The minimum absolute atomic E-state index is 0.551. The molecule has 0 aliphatic heterocycles. The van der Waals surface area contributed by atoms with Crippen LogP contribution in [0.2, 0.25) is 0 Å². The molecule has 0 amide bonds. The molecule has 0 unspecified atom stereocenters. The molecule has 4 nitrogen and oxygen atoms in total. The Balaban J connectivity index is 2.71. The Morgan fingerprint density at radius 1 is 1.54 bits per heavy atom. The van der Waals surface area contributed by atoms with Gasteiger partial charge in [-0.05, 0) is 6.92 Å². The molecule has 0 radical (unpaired) electrons. The number of aryl methyl sites for hydroxylation is 1. The first-order chi connectivity index (χ1) is 6.15. The molecule has 0 aliphatic rings. The fourth-order valence-electron chi connectivity index (χ4n) is 0.988. The van der Waals surface area contributed by atoms with Gasteiger partial charge in [-0.15, -0.1) is 11.3 Å². The van der Waals surface area contributed by atoms with E-state index < -0.39 is 0 Å². The van der Waals surface area contributed by atoms with E-state index in [4.69, 9.17) is 5.90 Å². The molecule has 1 rings (SSSR count). The zero-order chi connectivity index (χ0) is 9.84. The molecule has 1 aromatic rings. The number of hydrogen-bond donors (Lipinski definition) is 1. The first kappa shape index (κ1) is 10.4. The summed E-state index contributed by atoms with van der Waals surface area (Å²) in [5.74, 6) is 4.97. The molecule has 0 saturated carbocycles. The monoisotopic (exact) mass is 201 g/mol. The molecule has 0 atom stereocenters. The third kappa shape index (κ3) is 2.65. The molecule has 0 spiro atoms. The van der Waals surface area contributed by atoms with E-state index in [1.165, 1.54) is 4.88 Å². The fourth-order valence-corrected chi connectivity index (χ4v) is 1.95. The van der Waals surface area contributed by atoms with Crippen LogP contribution in [0.15, 0.2) is 0 Å². The lowest BCUT2D eigenvalue weighted by Crippen LogP contribution is -2.07. The number of thiazole rings is 1. The van der Waals surface area contributed by atoms with Crippen LogP contribution in [0.3, 0.4) is 0 Å². The topological polar surface area (TPSA) is 51.4 Å². The van der Waals surface area contributed by atoms with E-state index in [1.54, 1.807) is 11.3 Å². The Bertz CT molecular complexity index is 272. The van der Waals surface area contributed by atoms with E-state index in [-0.39, 0.29) is 0 Å². The smallest absolute Gasteiger partial charge is 0.185 e. The van der Waals surface area contributed by atoms with E-state index in [0.29, 0.717) is 6.61 Å². The molecule has 0 saturated heterocycles. The summed E-state index contributed by atoms with van der Waals surface area (Å²) < 4.78 is 0. The number of nitrogens with zero attached hydrogens (tertiary/aromatic N) is 2. The van der Waals surface area contributed by atoms with Crippen LogP contribution in [0.5, 0.6) is 0 Å². The van der Waals surface area contributed by atoms with Gasteiger partial charge in [0.2, 0.25) is 0 Å². The zero-order valence-corrected chi connectivity index (χ0v) is 9.02. The van der Waals surface area contributed by atoms with Gasteiger partial charge in [-0.2, -0.15) is 0 Å². The Labute approximate surface area is 82.3 Å². The van der Waals surface area contributed by atoms with Gasteiger partial charge in [0.25, 0.3) is 0 Å². The average Bonchev–Trinajstić information content (AvgIpc) is 2.44. The first-order valence-electron chi connectivity index (χ1n) is 4.10. The van der Waals surface area contributed by atoms with Crippen LogP contribution in [0.4, 0.5) is 5.13 Å². The highest BCUT2D eigenvalue weighted by atomic mass is 32.1. The van der Waals surface area contributed by atoms with Gasteiger partial charge in [0.1, 0.15) is 0 Å². The number of rotatable bonds is 4. The molecule has 1 heterocycles. The Morgan fingerprint density at radius 3 is 2.69 bits per heavy atom. The van der Waals surface area contributed by atoms with E-state index in [1.807, 2.05) is 25.9 Å². The second-order valence-corrected chi connectivity index (χ2v) is 4.08. The van der Waals surface area contributed by atoms with Crippen molar-refractivity contribution in [2.45, 2.75) is 13.3 Å². The van der Waals surface area contributed by atoms with Crippen molar-refractivity contribution in [3.63, 3.8) is 0 Å². The number of nitrogens with two attached hydrogens (primary N) is 1. The quantitative estimate of drug-likeness (QED) is 0.737. The Morgan fingerprint density at radius 2 is 2.23 bits per heavy atom. The van der Waals surface area contributed by atoms with Crippen LogP contribution in [0.1, 0.15) is 10.6 Å².